The number of amides is 1. The lowest BCUT2D eigenvalue weighted by Crippen LogP contribution is -2.49. The summed E-state index contributed by atoms with van der Waals surface area (Å²) >= 11 is 1.54. The van der Waals surface area contributed by atoms with E-state index in [1.807, 2.05) is 45.0 Å². The summed E-state index contributed by atoms with van der Waals surface area (Å²) in [5.41, 5.74) is 6.45. The minimum atomic E-state index is -0.328. The molecule has 1 amide bonds. The van der Waals surface area contributed by atoms with Crippen molar-refractivity contribution >= 4 is 17.7 Å². The average molecular weight is 252 g/mol. The Morgan fingerprint density at radius 3 is 2.47 bits per heavy atom. The third-order valence-electron chi connectivity index (χ3n) is 2.38. The van der Waals surface area contributed by atoms with Crippen LogP contribution in [0.1, 0.15) is 19.4 Å². The highest BCUT2D eigenvalue weighted by Gasteiger charge is 2.17. The number of rotatable bonds is 5. The molecule has 0 spiro atoms. The van der Waals surface area contributed by atoms with E-state index in [0.717, 1.165) is 4.90 Å². The maximum absolute atomic E-state index is 11.7. The molecule has 1 rings (SSSR count). The van der Waals surface area contributed by atoms with Crippen molar-refractivity contribution < 1.29 is 4.79 Å². The molecule has 0 aromatic heterocycles. The van der Waals surface area contributed by atoms with E-state index in [-0.39, 0.29) is 11.4 Å². The number of hydrogen-bond acceptors (Lipinski definition) is 3. The third kappa shape index (κ3) is 5.24. The Kier molecular flexibility index (Phi) is 5.02. The second-order valence-corrected chi connectivity index (χ2v) is 5.79. The monoisotopic (exact) mass is 252 g/mol. The minimum absolute atomic E-state index is 0.0195. The molecule has 0 fully saturated rings. The number of thioether (sulfide) groups is 1. The third-order valence-corrected chi connectivity index (χ3v) is 3.39. The van der Waals surface area contributed by atoms with Crippen LogP contribution in [-0.2, 0) is 4.79 Å². The lowest BCUT2D eigenvalue weighted by molar-refractivity contribution is -0.120. The first kappa shape index (κ1) is 14.1. The van der Waals surface area contributed by atoms with E-state index < -0.39 is 0 Å². The first-order valence-corrected chi connectivity index (χ1v) is 6.62. The largest absolute Gasteiger partial charge is 0.349 e. The molecule has 94 valence electrons. The van der Waals surface area contributed by atoms with Crippen LogP contribution >= 0.6 is 11.8 Å². The van der Waals surface area contributed by atoms with Crippen LogP contribution in [0.3, 0.4) is 0 Å². The minimum Gasteiger partial charge on any atom is -0.349 e. The smallest absolute Gasteiger partial charge is 0.230 e. The van der Waals surface area contributed by atoms with Gasteiger partial charge in [0.25, 0.3) is 0 Å². The zero-order valence-corrected chi connectivity index (χ0v) is 11.4. The normalized spacial score (nSPS) is 11.3. The Hall–Kier alpha value is -1.00. The van der Waals surface area contributed by atoms with Crippen molar-refractivity contribution in [3.63, 3.8) is 0 Å². The van der Waals surface area contributed by atoms with Crippen molar-refractivity contribution in [2.24, 2.45) is 5.73 Å². The van der Waals surface area contributed by atoms with Crippen LogP contribution < -0.4 is 11.1 Å². The summed E-state index contributed by atoms with van der Waals surface area (Å²) in [5, 5.41) is 2.90. The van der Waals surface area contributed by atoms with Crippen molar-refractivity contribution in [3.05, 3.63) is 29.8 Å². The second-order valence-electron chi connectivity index (χ2n) is 4.74. The number of carbonyl (C=O) groups excluding carboxylic acids is 1. The van der Waals surface area contributed by atoms with Gasteiger partial charge in [-0.2, -0.15) is 0 Å². The summed E-state index contributed by atoms with van der Waals surface area (Å²) in [4.78, 5) is 12.8. The van der Waals surface area contributed by atoms with E-state index in [9.17, 15) is 4.79 Å². The van der Waals surface area contributed by atoms with Crippen LogP contribution in [0.5, 0.6) is 0 Å². The molecule has 0 saturated heterocycles. The summed E-state index contributed by atoms with van der Waals surface area (Å²) in [5.74, 6) is 0.443. The van der Waals surface area contributed by atoms with Gasteiger partial charge in [-0.3, -0.25) is 4.79 Å². The number of hydrogen-bond donors (Lipinski definition) is 2. The first-order valence-electron chi connectivity index (χ1n) is 5.63. The summed E-state index contributed by atoms with van der Waals surface area (Å²) in [6, 6.07) is 8.15. The Bertz CT molecular complexity index is 374. The quantitative estimate of drug-likeness (QED) is 0.787. The zero-order valence-electron chi connectivity index (χ0n) is 10.6. The van der Waals surface area contributed by atoms with Crippen molar-refractivity contribution in [1.29, 1.82) is 0 Å². The van der Waals surface area contributed by atoms with Crippen molar-refractivity contribution in [2.75, 3.05) is 12.3 Å². The summed E-state index contributed by atoms with van der Waals surface area (Å²) < 4.78 is 0. The van der Waals surface area contributed by atoms with Crippen molar-refractivity contribution in [1.82, 2.24) is 5.32 Å². The molecule has 0 aliphatic rings. The Balaban J connectivity index is 2.41. The van der Waals surface area contributed by atoms with Gasteiger partial charge in [-0.05, 0) is 32.9 Å². The first-order chi connectivity index (χ1) is 7.93. The van der Waals surface area contributed by atoms with Crippen molar-refractivity contribution in [3.8, 4) is 0 Å². The molecule has 4 heteroatoms. The molecule has 0 radical (unpaired) electrons. The predicted octanol–water partition coefficient (Wildman–Crippen LogP) is 1.94. The van der Waals surface area contributed by atoms with Crippen LogP contribution in [0.25, 0.3) is 0 Å². The second kappa shape index (κ2) is 6.07. The number of benzene rings is 1. The number of aryl methyl sites for hydroxylation is 1. The molecule has 0 heterocycles. The fourth-order valence-electron chi connectivity index (χ4n) is 1.25. The Morgan fingerprint density at radius 2 is 1.94 bits per heavy atom. The van der Waals surface area contributed by atoms with Gasteiger partial charge in [0, 0.05) is 17.0 Å². The maximum atomic E-state index is 11.7. The van der Waals surface area contributed by atoms with E-state index in [4.69, 9.17) is 5.73 Å². The molecule has 0 aliphatic carbocycles. The van der Waals surface area contributed by atoms with Crippen molar-refractivity contribution in [2.45, 2.75) is 31.2 Å². The number of nitrogens with one attached hydrogen (secondary N) is 1. The molecule has 0 atom stereocenters. The van der Waals surface area contributed by atoms with E-state index in [2.05, 4.69) is 5.32 Å². The van der Waals surface area contributed by atoms with Gasteiger partial charge in [0.15, 0.2) is 0 Å². The van der Waals surface area contributed by atoms with Gasteiger partial charge in [0.05, 0.1) is 5.75 Å². The predicted molar refractivity (Wildman–Crippen MR) is 73.2 cm³/mol. The zero-order chi connectivity index (χ0) is 12.9. The lowest BCUT2D eigenvalue weighted by Gasteiger charge is -2.24. The number of carbonyl (C=O) groups is 1. The highest BCUT2D eigenvalue weighted by Crippen LogP contribution is 2.18. The van der Waals surface area contributed by atoms with Crippen LogP contribution in [0.2, 0.25) is 0 Å². The molecule has 1 aromatic rings. The highest BCUT2D eigenvalue weighted by atomic mass is 32.2. The molecule has 0 bridgehead atoms. The molecule has 17 heavy (non-hydrogen) atoms. The molecule has 3 nitrogen and oxygen atoms in total. The van der Waals surface area contributed by atoms with Gasteiger partial charge in [0.1, 0.15) is 0 Å². The molecular formula is C13H20N2OS. The Morgan fingerprint density at radius 1 is 1.35 bits per heavy atom. The standard InChI is InChI=1S/C13H20N2OS/c1-10-4-6-11(7-5-10)17-8-12(16)15-13(2,3)9-14/h4-7H,8-9,14H2,1-3H3,(H,15,16). The van der Waals surface area contributed by atoms with E-state index in [0.29, 0.717) is 12.3 Å². The summed E-state index contributed by atoms with van der Waals surface area (Å²) in [6.07, 6.45) is 0. The average Bonchev–Trinajstić information content (AvgIpc) is 2.28. The molecule has 3 N–H and O–H groups in total. The Labute approximate surface area is 107 Å². The topological polar surface area (TPSA) is 55.1 Å². The molecule has 0 unspecified atom stereocenters. The van der Waals surface area contributed by atoms with Gasteiger partial charge in [0.2, 0.25) is 5.91 Å². The van der Waals surface area contributed by atoms with E-state index >= 15 is 0 Å². The van der Waals surface area contributed by atoms with Gasteiger partial charge in [-0.25, -0.2) is 0 Å². The van der Waals surface area contributed by atoms with E-state index in [1.165, 1.54) is 17.3 Å². The summed E-state index contributed by atoms with van der Waals surface area (Å²) in [7, 11) is 0. The molecule has 0 saturated carbocycles. The van der Waals surface area contributed by atoms with Crippen LogP contribution in [0, 0.1) is 6.92 Å². The molecular weight excluding hydrogens is 232 g/mol. The van der Waals surface area contributed by atoms with Crippen LogP contribution in [-0.4, -0.2) is 23.7 Å². The summed E-state index contributed by atoms with van der Waals surface area (Å²) in [6.45, 7) is 6.32. The molecule has 1 aromatic carbocycles. The fourth-order valence-corrected chi connectivity index (χ4v) is 1.95. The molecule has 0 aliphatic heterocycles. The van der Waals surface area contributed by atoms with Gasteiger partial charge in [-0.15, -0.1) is 11.8 Å². The SMILES string of the molecule is Cc1ccc(SCC(=O)NC(C)(C)CN)cc1. The van der Waals surface area contributed by atoms with Crippen LogP contribution in [0.4, 0.5) is 0 Å². The van der Waals surface area contributed by atoms with Crippen LogP contribution in [0.15, 0.2) is 29.2 Å². The van der Waals surface area contributed by atoms with Gasteiger partial charge in [-0.1, -0.05) is 17.7 Å². The van der Waals surface area contributed by atoms with Gasteiger partial charge < -0.3 is 11.1 Å². The highest BCUT2D eigenvalue weighted by molar-refractivity contribution is 8.00. The fraction of sp³-hybridized carbons (Fsp3) is 0.462. The van der Waals surface area contributed by atoms with E-state index in [1.54, 1.807) is 0 Å². The lowest BCUT2D eigenvalue weighted by atomic mass is 10.1. The van der Waals surface area contributed by atoms with Gasteiger partial charge >= 0.3 is 0 Å². The number of nitrogens with two attached hydrogens (primary N) is 1. The maximum Gasteiger partial charge on any atom is 0.230 e.